The highest BCUT2D eigenvalue weighted by Crippen LogP contribution is 2.32. The van der Waals surface area contributed by atoms with Crippen molar-refractivity contribution in [3.8, 4) is 5.75 Å². The van der Waals surface area contributed by atoms with Crippen molar-refractivity contribution in [2.24, 2.45) is 0 Å². The van der Waals surface area contributed by atoms with Crippen LogP contribution in [-0.2, 0) is 4.79 Å². The molecule has 1 aliphatic rings. The number of ether oxygens (including phenoxy) is 1. The minimum atomic E-state index is 0.244. The number of carbonyl (C=O) groups excluding carboxylic acids is 1. The molecule has 1 saturated carbocycles. The van der Waals surface area contributed by atoms with Crippen LogP contribution in [0.2, 0.25) is 0 Å². The third-order valence-corrected chi connectivity index (χ3v) is 3.25. The molecule has 86 valence electrons. The lowest BCUT2D eigenvalue weighted by Crippen LogP contribution is -2.25. The maximum absolute atomic E-state index is 10.5. The molecule has 0 heterocycles. The fourth-order valence-corrected chi connectivity index (χ4v) is 1.93. The smallest absolute Gasteiger partial charge is 0.123 e. The van der Waals surface area contributed by atoms with Crippen LogP contribution < -0.4 is 4.74 Å². The molecular weight excluding hydrogens is 200 g/mol. The summed E-state index contributed by atoms with van der Waals surface area (Å²) in [5, 5.41) is 0. The average molecular weight is 218 g/mol. The van der Waals surface area contributed by atoms with Crippen molar-refractivity contribution in [1.29, 1.82) is 0 Å². The van der Waals surface area contributed by atoms with Crippen LogP contribution in [0.15, 0.2) is 24.3 Å². The van der Waals surface area contributed by atoms with Gasteiger partial charge >= 0.3 is 0 Å². The molecule has 0 saturated heterocycles. The molecule has 2 rings (SSSR count). The van der Waals surface area contributed by atoms with Gasteiger partial charge in [-0.2, -0.15) is 0 Å². The van der Waals surface area contributed by atoms with Gasteiger partial charge in [-0.1, -0.05) is 25.1 Å². The maximum Gasteiger partial charge on any atom is 0.123 e. The number of para-hydroxylation sites is 1. The Bertz CT molecular complexity index is 356. The predicted molar refractivity (Wildman–Crippen MR) is 63.8 cm³/mol. The van der Waals surface area contributed by atoms with Crippen LogP contribution in [-0.4, -0.2) is 12.4 Å². The molecule has 1 aromatic rings. The summed E-state index contributed by atoms with van der Waals surface area (Å²) in [6, 6.07) is 8.06. The van der Waals surface area contributed by atoms with Crippen molar-refractivity contribution >= 4 is 6.29 Å². The van der Waals surface area contributed by atoms with Crippen LogP contribution in [0.5, 0.6) is 5.75 Å². The second-order valence-electron chi connectivity index (χ2n) is 4.51. The predicted octanol–water partition coefficient (Wildman–Crippen LogP) is 3.31. The monoisotopic (exact) mass is 218 g/mol. The summed E-state index contributed by atoms with van der Waals surface area (Å²) in [7, 11) is 0. The van der Waals surface area contributed by atoms with Gasteiger partial charge in [0.15, 0.2) is 0 Å². The Morgan fingerprint density at radius 2 is 2.19 bits per heavy atom. The Balaban J connectivity index is 2.11. The van der Waals surface area contributed by atoms with Gasteiger partial charge in [0.1, 0.15) is 12.0 Å². The summed E-state index contributed by atoms with van der Waals surface area (Å²) in [6.45, 7) is 2.07. The quantitative estimate of drug-likeness (QED) is 0.709. The van der Waals surface area contributed by atoms with Gasteiger partial charge in [-0.15, -0.1) is 0 Å². The summed E-state index contributed by atoms with van der Waals surface area (Å²) in [4.78, 5) is 10.5. The topological polar surface area (TPSA) is 26.3 Å². The standard InChI is InChI=1S/C14H18O2/c1-11(9-10-15)13-7-2-3-8-14(13)16-12-5-4-6-12/h2-3,7-8,10-12H,4-6,9H2,1H3. The van der Waals surface area contributed by atoms with Gasteiger partial charge in [0, 0.05) is 6.42 Å². The van der Waals surface area contributed by atoms with E-state index < -0.39 is 0 Å². The minimum absolute atomic E-state index is 0.244. The molecule has 0 amide bonds. The number of hydrogen-bond donors (Lipinski definition) is 0. The number of carbonyl (C=O) groups is 1. The first kappa shape index (κ1) is 11.2. The normalized spacial score (nSPS) is 17.6. The Morgan fingerprint density at radius 1 is 1.44 bits per heavy atom. The molecule has 0 spiro atoms. The van der Waals surface area contributed by atoms with Gasteiger partial charge in [0.2, 0.25) is 0 Å². The van der Waals surface area contributed by atoms with Crippen molar-refractivity contribution in [2.45, 2.75) is 44.6 Å². The van der Waals surface area contributed by atoms with Gasteiger partial charge in [-0.3, -0.25) is 0 Å². The van der Waals surface area contributed by atoms with E-state index >= 15 is 0 Å². The zero-order valence-electron chi connectivity index (χ0n) is 9.69. The van der Waals surface area contributed by atoms with E-state index in [-0.39, 0.29) is 5.92 Å². The zero-order valence-corrected chi connectivity index (χ0v) is 9.69. The maximum atomic E-state index is 10.5. The Labute approximate surface area is 96.6 Å². The fourth-order valence-electron chi connectivity index (χ4n) is 1.93. The minimum Gasteiger partial charge on any atom is -0.490 e. The highest BCUT2D eigenvalue weighted by molar-refractivity contribution is 5.52. The van der Waals surface area contributed by atoms with Crippen molar-refractivity contribution < 1.29 is 9.53 Å². The molecule has 0 aliphatic heterocycles. The lowest BCUT2D eigenvalue weighted by Gasteiger charge is -2.28. The molecule has 1 fully saturated rings. The molecule has 0 radical (unpaired) electrons. The van der Waals surface area contributed by atoms with Gasteiger partial charge in [-0.05, 0) is 36.8 Å². The van der Waals surface area contributed by atoms with E-state index in [4.69, 9.17) is 4.74 Å². The molecule has 1 aromatic carbocycles. The van der Waals surface area contributed by atoms with E-state index in [1.54, 1.807) is 0 Å². The van der Waals surface area contributed by atoms with E-state index in [0.29, 0.717) is 12.5 Å². The van der Waals surface area contributed by atoms with Crippen LogP contribution in [0.3, 0.4) is 0 Å². The van der Waals surface area contributed by atoms with Crippen molar-refractivity contribution in [2.75, 3.05) is 0 Å². The molecular formula is C14H18O2. The second-order valence-corrected chi connectivity index (χ2v) is 4.51. The van der Waals surface area contributed by atoms with Crippen molar-refractivity contribution in [3.05, 3.63) is 29.8 Å². The van der Waals surface area contributed by atoms with Crippen molar-refractivity contribution in [3.63, 3.8) is 0 Å². The van der Waals surface area contributed by atoms with Gasteiger partial charge in [0.05, 0.1) is 6.10 Å². The highest BCUT2D eigenvalue weighted by Gasteiger charge is 2.21. The summed E-state index contributed by atoms with van der Waals surface area (Å²) < 4.78 is 5.93. The number of aldehydes is 1. The zero-order chi connectivity index (χ0) is 11.4. The summed E-state index contributed by atoms with van der Waals surface area (Å²) in [5.74, 6) is 1.20. The number of rotatable bonds is 5. The van der Waals surface area contributed by atoms with Crippen LogP contribution in [0.4, 0.5) is 0 Å². The van der Waals surface area contributed by atoms with Gasteiger partial charge < -0.3 is 9.53 Å². The third-order valence-electron chi connectivity index (χ3n) is 3.25. The molecule has 0 bridgehead atoms. The van der Waals surface area contributed by atoms with E-state index in [1.165, 1.54) is 6.42 Å². The van der Waals surface area contributed by atoms with Gasteiger partial charge in [0.25, 0.3) is 0 Å². The first-order chi connectivity index (χ1) is 7.81. The van der Waals surface area contributed by atoms with Crippen molar-refractivity contribution in [1.82, 2.24) is 0 Å². The van der Waals surface area contributed by atoms with E-state index in [9.17, 15) is 4.79 Å². The number of benzene rings is 1. The molecule has 1 aliphatic carbocycles. The van der Waals surface area contributed by atoms with Crippen LogP contribution >= 0.6 is 0 Å². The Morgan fingerprint density at radius 3 is 2.81 bits per heavy atom. The summed E-state index contributed by atoms with van der Waals surface area (Å²) in [6.07, 6.45) is 5.53. The lowest BCUT2D eigenvalue weighted by molar-refractivity contribution is -0.108. The SMILES string of the molecule is CC(CC=O)c1ccccc1OC1CCC1. The molecule has 0 N–H and O–H groups in total. The largest absolute Gasteiger partial charge is 0.490 e. The highest BCUT2D eigenvalue weighted by atomic mass is 16.5. The summed E-state index contributed by atoms with van der Waals surface area (Å²) >= 11 is 0. The van der Waals surface area contributed by atoms with Gasteiger partial charge in [-0.25, -0.2) is 0 Å². The Hall–Kier alpha value is -1.31. The lowest BCUT2D eigenvalue weighted by atomic mass is 9.94. The fraction of sp³-hybridized carbons (Fsp3) is 0.500. The first-order valence-corrected chi connectivity index (χ1v) is 6.00. The average Bonchev–Trinajstić information content (AvgIpc) is 2.24. The van der Waals surface area contributed by atoms with Crippen LogP contribution in [0, 0.1) is 0 Å². The first-order valence-electron chi connectivity index (χ1n) is 6.00. The molecule has 0 aromatic heterocycles. The van der Waals surface area contributed by atoms with Crippen LogP contribution in [0.1, 0.15) is 44.1 Å². The third kappa shape index (κ3) is 2.43. The van der Waals surface area contributed by atoms with E-state index in [1.807, 2.05) is 18.2 Å². The summed E-state index contributed by atoms with van der Waals surface area (Å²) in [5.41, 5.74) is 1.15. The molecule has 1 unspecified atom stereocenters. The second kappa shape index (κ2) is 5.15. The molecule has 16 heavy (non-hydrogen) atoms. The molecule has 2 heteroatoms. The molecule has 2 nitrogen and oxygen atoms in total. The van der Waals surface area contributed by atoms with Crippen LogP contribution in [0.25, 0.3) is 0 Å². The Kier molecular flexibility index (Phi) is 3.60. The van der Waals surface area contributed by atoms with E-state index in [2.05, 4.69) is 13.0 Å². The number of hydrogen-bond acceptors (Lipinski definition) is 2. The molecule has 1 atom stereocenters. The van der Waals surface area contributed by atoms with E-state index in [0.717, 1.165) is 30.4 Å².